The van der Waals surface area contributed by atoms with Crippen molar-refractivity contribution in [3.8, 4) is 0 Å². The lowest BCUT2D eigenvalue weighted by atomic mass is 10.2. The van der Waals surface area contributed by atoms with Crippen LogP contribution in [0.1, 0.15) is 12.8 Å². The van der Waals surface area contributed by atoms with Gasteiger partial charge in [-0.3, -0.25) is 4.90 Å². The maximum atomic E-state index is 5.64. The van der Waals surface area contributed by atoms with E-state index in [4.69, 9.17) is 5.73 Å². The maximum Gasteiger partial charge on any atom is 0.123 e. The van der Waals surface area contributed by atoms with Crippen molar-refractivity contribution in [1.29, 1.82) is 0 Å². The standard InChI is InChI=1S/C15H25N5/c16-15-4-3-14(13-17-15)20-11-9-19(10-12-20)8-7-18-5-1-2-6-18/h3-4,13H,1-2,5-12H2,(H2,16,17). The van der Waals surface area contributed by atoms with Gasteiger partial charge in [0.2, 0.25) is 0 Å². The number of aromatic nitrogens is 1. The monoisotopic (exact) mass is 275 g/mol. The quantitative estimate of drug-likeness (QED) is 0.884. The molecular formula is C15H25N5. The van der Waals surface area contributed by atoms with Crippen molar-refractivity contribution in [3.63, 3.8) is 0 Å². The first kappa shape index (κ1) is 13.6. The van der Waals surface area contributed by atoms with Crippen LogP contribution in [0.5, 0.6) is 0 Å². The van der Waals surface area contributed by atoms with Crippen LogP contribution in [0, 0.1) is 0 Å². The molecule has 20 heavy (non-hydrogen) atoms. The zero-order valence-electron chi connectivity index (χ0n) is 12.2. The van der Waals surface area contributed by atoms with Gasteiger partial charge in [0.15, 0.2) is 0 Å². The Morgan fingerprint density at radius 3 is 2.15 bits per heavy atom. The molecule has 2 fully saturated rings. The van der Waals surface area contributed by atoms with E-state index in [9.17, 15) is 0 Å². The number of nitrogens with two attached hydrogens (primary N) is 1. The molecule has 0 radical (unpaired) electrons. The summed E-state index contributed by atoms with van der Waals surface area (Å²) in [6.07, 6.45) is 4.66. The van der Waals surface area contributed by atoms with Gasteiger partial charge in [0.25, 0.3) is 0 Å². The number of anilines is 2. The van der Waals surface area contributed by atoms with Crippen LogP contribution in [0.4, 0.5) is 11.5 Å². The number of rotatable bonds is 4. The molecule has 2 saturated heterocycles. The fraction of sp³-hybridized carbons (Fsp3) is 0.667. The molecule has 0 saturated carbocycles. The Morgan fingerprint density at radius 2 is 1.55 bits per heavy atom. The molecule has 0 amide bonds. The molecule has 1 aromatic rings. The number of nitrogens with zero attached hydrogens (tertiary/aromatic N) is 4. The molecule has 5 heteroatoms. The molecule has 2 aliphatic heterocycles. The lowest BCUT2D eigenvalue weighted by molar-refractivity contribution is 0.215. The van der Waals surface area contributed by atoms with E-state index in [0.717, 1.165) is 26.2 Å². The van der Waals surface area contributed by atoms with E-state index in [1.807, 2.05) is 12.3 Å². The summed E-state index contributed by atoms with van der Waals surface area (Å²) in [6, 6.07) is 3.96. The first-order valence-electron chi connectivity index (χ1n) is 7.72. The second-order valence-corrected chi connectivity index (χ2v) is 5.82. The maximum absolute atomic E-state index is 5.64. The minimum atomic E-state index is 0.595. The van der Waals surface area contributed by atoms with E-state index < -0.39 is 0 Å². The third kappa shape index (κ3) is 3.41. The van der Waals surface area contributed by atoms with Crippen LogP contribution in [0.25, 0.3) is 0 Å². The topological polar surface area (TPSA) is 48.6 Å². The predicted molar refractivity (Wildman–Crippen MR) is 83.0 cm³/mol. The van der Waals surface area contributed by atoms with Crippen molar-refractivity contribution in [2.24, 2.45) is 0 Å². The van der Waals surface area contributed by atoms with Crippen LogP contribution in [-0.4, -0.2) is 67.1 Å². The number of nitrogen functional groups attached to an aromatic ring is 1. The Kier molecular flexibility index (Phi) is 4.38. The minimum absolute atomic E-state index is 0.595. The van der Waals surface area contributed by atoms with Crippen LogP contribution >= 0.6 is 0 Å². The third-order valence-corrected chi connectivity index (χ3v) is 4.44. The second-order valence-electron chi connectivity index (χ2n) is 5.82. The highest BCUT2D eigenvalue weighted by Crippen LogP contribution is 2.16. The average molecular weight is 275 g/mol. The highest BCUT2D eigenvalue weighted by molar-refractivity contribution is 5.48. The van der Waals surface area contributed by atoms with E-state index in [1.165, 1.54) is 44.7 Å². The van der Waals surface area contributed by atoms with E-state index in [-0.39, 0.29) is 0 Å². The number of pyridine rings is 1. The zero-order valence-corrected chi connectivity index (χ0v) is 12.2. The van der Waals surface area contributed by atoms with Crippen LogP contribution < -0.4 is 10.6 Å². The summed E-state index contributed by atoms with van der Waals surface area (Å²) in [5.74, 6) is 0.595. The lowest BCUT2D eigenvalue weighted by Gasteiger charge is -2.36. The number of hydrogen-bond acceptors (Lipinski definition) is 5. The van der Waals surface area contributed by atoms with Crippen molar-refractivity contribution in [3.05, 3.63) is 18.3 Å². The predicted octanol–water partition coefficient (Wildman–Crippen LogP) is 0.882. The van der Waals surface area contributed by atoms with Gasteiger partial charge in [-0.2, -0.15) is 0 Å². The van der Waals surface area contributed by atoms with Gasteiger partial charge in [0.1, 0.15) is 5.82 Å². The summed E-state index contributed by atoms with van der Waals surface area (Å²) >= 11 is 0. The molecule has 0 aromatic carbocycles. The Morgan fingerprint density at radius 1 is 0.900 bits per heavy atom. The Balaban J connectivity index is 1.43. The summed E-state index contributed by atoms with van der Waals surface area (Å²) < 4.78 is 0. The number of hydrogen-bond donors (Lipinski definition) is 1. The molecule has 3 rings (SSSR count). The molecule has 2 N–H and O–H groups in total. The van der Waals surface area contributed by atoms with E-state index >= 15 is 0 Å². The molecule has 0 aliphatic carbocycles. The molecule has 2 aliphatic rings. The van der Waals surface area contributed by atoms with Gasteiger partial charge in [0.05, 0.1) is 11.9 Å². The zero-order chi connectivity index (χ0) is 13.8. The fourth-order valence-corrected chi connectivity index (χ4v) is 3.10. The SMILES string of the molecule is Nc1ccc(N2CCN(CCN3CCCC3)CC2)cn1. The summed E-state index contributed by atoms with van der Waals surface area (Å²) in [6.45, 7) is 9.54. The van der Waals surface area contributed by atoms with Gasteiger partial charge in [-0.1, -0.05) is 0 Å². The molecule has 5 nitrogen and oxygen atoms in total. The van der Waals surface area contributed by atoms with E-state index in [0.29, 0.717) is 5.82 Å². The van der Waals surface area contributed by atoms with Gasteiger partial charge in [-0.05, 0) is 38.1 Å². The molecule has 0 spiro atoms. The molecule has 1 aromatic heterocycles. The molecular weight excluding hydrogens is 250 g/mol. The molecule has 3 heterocycles. The van der Waals surface area contributed by atoms with Crippen LogP contribution in [0.2, 0.25) is 0 Å². The van der Waals surface area contributed by atoms with Gasteiger partial charge in [0, 0.05) is 39.3 Å². The van der Waals surface area contributed by atoms with Crippen LogP contribution in [0.3, 0.4) is 0 Å². The highest BCUT2D eigenvalue weighted by atomic mass is 15.3. The normalized spacial score (nSPS) is 21.5. The largest absolute Gasteiger partial charge is 0.384 e. The molecule has 0 unspecified atom stereocenters. The van der Waals surface area contributed by atoms with Gasteiger partial charge >= 0.3 is 0 Å². The average Bonchev–Trinajstić information content (AvgIpc) is 3.00. The molecule has 110 valence electrons. The van der Waals surface area contributed by atoms with E-state index in [2.05, 4.69) is 25.8 Å². The number of likely N-dealkylation sites (tertiary alicyclic amines) is 1. The highest BCUT2D eigenvalue weighted by Gasteiger charge is 2.18. The van der Waals surface area contributed by atoms with Crippen molar-refractivity contribution in [1.82, 2.24) is 14.8 Å². The second kappa shape index (κ2) is 6.41. The smallest absolute Gasteiger partial charge is 0.123 e. The lowest BCUT2D eigenvalue weighted by Crippen LogP contribution is -2.48. The Hall–Kier alpha value is -1.33. The van der Waals surface area contributed by atoms with E-state index in [1.54, 1.807) is 0 Å². The Bertz CT molecular complexity index is 405. The van der Waals surface area contributed by atoms with Crippen molar-refractivity contribution < 1.29 is 0 Å². The number of piperazine rings is 1. The summed E-state index contributed by atoms with van der Waals surface area (Å²) in [5.41, 5.74) is 6.83. The van der Waals surface area contributed by atoms with Gasteiger partial charge < -0.3 is 15.5 Å². The van der Waals surface area contributed by atoms with Crippen LogP contribution in [0.15, 0.2) is 18.3 Å². The van der Waals surface area contributed by atoms with Gasteiger partial charge in [-0.15, -0.1) is 0 Å². The summed E-state index contributed by atoms with van der Waals surface area (Å²) in [4.78, 5) is 11.8. The first-order valence-corrected chi connectivity index (χ1v) is 7.72. The summed E-state index contributed by atoms with van der Waals surface area (Å²) in [5, 5.41) is 0. The van der Waals surface area contributed by atoms with Gasteiger partial charge in [-0.25, -0.2) is 4.98 Å². The van der Waals surface area contributed by atoms with Crippen molar-refractivity contribution >= 4 is 11.5 Å². The molecule has 0 atom stereocenters. The van der Waals surface area contributed by atoms with Crippen LogP contribution in [-0.2, 0) is 0 Å². The Labute approximate surface area is 121 Å². The fourth-order valence-electron chi connectivity index (χ4n) is 3.10. The van der Waals surface area contributed by atoms with Crippen molar-refractivity contribution in [2.75, 3.05) is 63.0 Å². The molecule has 0 bridgehead atoms. The summed E-state index contributed by atoms with van der Waals surface area (Å²) in [7, 11) is 0. The minimum Gasteiger partial charge on any atom is -0.384 e. The van der Waals surface area contributed by atoms with Crippen molar-refractivity contribution in [2.45, 2.75) is 12.8 Å². The third-order valence-electron chi connectivity index (χ3n) is 4.44. The first-order chi connectivity index (χ1) is 9.81.